The van der Waals surface area contributed by atoms with Crippen molar-refractivity contribution in [3.05, 3.63) is 83.0 Å². The Morgan fingerprint density at radius 1 is 1.14 bits per heavy atom. The number of rotatable bonds is 8. The molecule has 0 spiro atoms. The highest BCUT2D eigenvalue weighted by Crippen LogP contribution is 2.59. The maximum absolute atomic E-state index is 9.90. The van der Waals surface area contributed by atoms with Crippen LogP contribution in [0.1, 0.15) is 69.3 Å². The molecule has 9 heteroatoms. The van der Waals surface area contributed by atoms with Gasteiger partial charge in [-0.05, 0) is 66.2 Å². The maximum atomic E-state index is 9.90. The van der Waals surface area contributed by atoms with Gasteiger partial charge in [-0.25, -0.2) is 4.68 Å². The number of pyridine rings is 2. The molecule has 42 heavy (non-hydrogen) atoms. The Labute approximate surface area is 250 Å². The summed E-state index contributed by atoms with van der Waals surface area (Å²) in [6, 6.07) is 14.2. The molecule has 0 amide bonds. The van der Waals surface area contributed by atoms with Crippen molar-refractivity contribution in [1.82, 2.24) is 25.0 Å². The molecule has 7 rings (SSSR count). The van der Waals surface area contributed by atoms with E-state index in [0.717, 1.165) is 51.6 Å². The van der Waals surface area contributed by atoms with Crippen LogP contribution in [-0.2, 0) is 5.54 Å². The van der Waals surface area contributed by atoms with E-state index in [-0.39, 0.29) is 17.0 Å². The molecule has 1 atom stereocenters. The van der Waals surface area contributed by atoms with E-state index in [4.69, 9.17) is 16.7 Å². The van der Waals surface area contributed by atoms with E-state index in [1.165, 1.54) is 12.8 Å². The Balaban J connectivity index is 1.34. The second kappa shape index (κ2) is 9.95. The molecule has 3 heterocycles. The van der Waals surface area contributed by atoms with E-state index >= 15 is 0 Å². The highest BCUT2D eigenvalue weighted by molar-refractivity contribution is 6.35. The van der Waals surface area contributed by atoms with Gasteiger partial charge in [-0.1, -0.05) is 55.8 Å². The van der Waals surface area contributed by atoms with Gasteiger partial charge in [-0.15, -0.1) is 5.10 Å². The quantitative estimate of drug-likeness (QED) is 0.197. The Hall–Kier alpha value is -4.22. The van der Waals surface area contributed by atoms with Crippen molar-refractivity contribution >= 4 is 44.7 Å². The summed E-state index contributed by atoms with van der Waals surface area (Å²) in [6.07, 6.45) is 12.3. The van der Waals surface area contributed by atoms with E-state index in [1.54, 1.807) is 6.20 Å². The topological polar surface area (TPSA) is 104 Å². The molecule has 0 aliphatic heterocycles. The number of benzene rings is 2. The van der Waals surface area contributed by atoms with Crippen LogP contribution < -0.4 is 10.6 Å². The number of hydrogen-bond donors (Lipinski definition) is 2. The van der Waals surface area contributed by atoms with E-state index in [2.05, 4.69) is 81.7 Å². The number of hydrogen-bond acceptors (Lipinski definition) is 7. The molecular formula is C33H33ClN8. The third kappa shape index (κ3) is 4.82. The maximum Gasteiger partial charge on any atom is 0.110 e. The van der Waals surface area contributed by atoms with Crippen molar-refractivity contribution in [2.75, 3.05) is 17.2 Å². The third-order valence-electron chi connectivity index (χ3n) is 8.54. The van der Waals surface area contributed by atoms with Crippen molar-refractivity contribution in [2.45, 2.75) is 58.0 Å². The lowest BCUT2D eigenvalue weighted by molar-refractivity contribution is 0.371. The molecule has 2 aliphatic carbocycles. The van der Waals surface area contributed by atoms with Crippen molar-refractivity contribution in [3.63, 3.8) is 0 Å². The molecule has 2 saturated carbocycles. The van der Waals surface area contributed by atoms with Gasteiger partial charge in [0, 0.05) is 41.6 Å². The summed E-state index contributed by atoms with van der Waals surface area (Å²) < 4.78 is 2.12. The fourth-order valence-corrected chi connectivity index (χ4v) is 6.32. The smallest absolute Gasteiger partial charge is 0.110 e. The monoisotopic (exact) mass is 576 g/mol. The lowest BCUT2D eigenvalue weighted by Gasteiger charge is -2.23. The zero-order chi connectivity index (χ0) is 29.1. The van der Waals surface area contributed by atoms with E-state index in [1.807, 2.05) is 30.6 Å². The first-order chi connectivity index (χ1) is 20.3. The zero-order valence-corrected chi connectivity index (χ0v) is 24.8. The molecule has 0 bridgehead atoms. The minimum Gasteiger partial charge on any atom is -0.383 e. The largest absolute Gasteiger partial charge is 0.383 e. The molecule has 0 saturated heterocycles. The van der Waals surface area contributed by atoms with E-state index in [9.17, 15) is 5.26 Å². The van der Waals surface area contributed by atoms with Crippen LogP contribution in [0.25, 0.3) is 21.7 Å². The number of aromatic nitrogens is 5. The van der Waals surface area contributed by atoms with Crippen molar-refractivity contribution in [3.8, 4) is 6.07 Å². The number of halogens is 1. The van der Waals surface area contributed by atoms with Gasteiger partial charge in [-0.2, -0.15) is 5.26 Å². The molecule has 2 fully saturated rings. The third-order valence-corrected chi connectivity index (χ3v) is 8.83. The van der Waals surface area contributed by atoms with Gasteiger partial charge in [0.15, 0.2) is 0 Å². The molecule has 5 aromatic rings. The predicted molar refractivity (Wildman–Crippen MR) is 167 cm³/mol. The lowest BCUT2D eigenvalue weighted by Crippen LogP contribution is -2.20. The van der Waals surface area contributed by atoms with Crippen LogP contribution in [0.15, 0.2) is 61.2 Å². The molecule has 2 aliphatic rings. The van der Waals surface area contributed by atoms with E-state index in [0.29, 0.717) is 28.6 Å². The minimum atomic E-state index is -0.300. The van der Waals surface area contributed by atoms with Gasteiger partial charge in [0.1, 0.15) is 11.8 Å². The van der Waals surface area contributed by atoms with Crippen molar-refractivity contribution < 1.29 is 0 Å². The molecular weight excluding hydrogens is 544 g/mol. The summed E-state index contributed by atoms with van der Waals surface area (Å²) in [5, 5.41) is 30.0. The van der Waals surface area contributed by atoms with Crippen LogP contribution in [0.4, 0.5) is 11.4 Å². The molecule has 2 aromatic carbocycles. The van der Waals surface area contributed by atoms with Crippen LogP contribution in [-0.4, -0.2) is 31.5 Å². The summed E-state index contributed by atoms with van der Waals surface area (Å²) in [5.74, 6) is 0.710. The van der Waals surface area contributed by atoms with Crippen LogP contribution in [0.3, 0.4) is 0 Å². The van der Waals surface area contributed by atoms with Crippen molar-refractivity contribution in [1.29, 1.82) is 5.26 Å². The first-order valence-electron chi connectivity index (χ1n) is 14.5. The first kappa shape index (κ1) is 26.7. The zero-order valence-electron chi connectivity index (χ0n) is 24.0. The lowest BCUT2D eigenvalue weighted by atomic mass is 9.96. The normalized spacial score (nSPS) is 16.7. The molecule has 1 unspecified atom stereocenters. The Morgan fingerprint density at radius 3 is 2.71 bits per heavy atom. The summed E-state index contributed by atoms with van der Waals surface area (Å²) in [6.45, 7) is 7.15. The standard InChI is InChI=1S/C33H33ClN8/c1-32(2,3)19-38-29-21(15-35)17-37-30-26(29)13-23(14-27(30)34)39-31(25-6-4-5-20-16-36-12-9-24(20)25)28-18-42(41-40-28)33(10-11-33)22-7-8-22/h4-6,9,12-14,16-18,22,31,39H,7-8,10-11,19H2,1-3H3,(H,37,38). The van der Waals surface area contributed by atoms with Crippen LogP contribution in [0.5, 0.6) is 0 Å². The second-order valence-corrected chi connectivity index (χ2v) is 13.3. The number of nitrogens with one attached hydrogen (secondary N) is 2. The Kier molecular flexibility index (Phi) is 6.32. The summed E-state index contributed by atoms with van der Waals surface area (Å²) in [4.78, 5) is 8.88. The Bertz CT molecular complexity index is 1850. The Morgan fingerprint density at radius 2 is 1.98 bits per heavy atom. The SMILES string of the molecule is CC(C)(C)CNc1c(C#N)cnc2c(Cl)cc(NC(c3cn(C4(C5CC5)CC4)nn3)c3cccc4cnccc34)cc12. The molecule has 0 radical (unpaired) electrons. The molecule has 212 valence electrons. The van der Waals surface area contributed by atoms with Gasteiger partial charge >= 0.3 is 0 Å². The van der Waals surface area contributed by atoms with Gasteiger partial charge in [0.25, 0.3) is 0 Å². The number of nitriles is 1. The fraction of sp³-hybridized carbons (Fsp3) is 0.364. The molecule has 2 N–H and O–H groups in total. The average Bonchev–Trinajstić information content (AvgIpc) is 3.91. The number of fused-ring (bicyclic) bond motifs is 2. The van der Waals surface area contributed by atoms with Gasteiger partial charge in [0.2, 0.25) is 0 Å². The minimum absolute atomic E-state index is 0.0154. The van der Waals surface area contributed by atoms with Crippen molar-refractivity contribution in [2.24, 2.45) is 11.3 Å². The molecule has 3 aromatic heterocycles. The summed E-state index contributed by atoms with van der Waals surface area (Å²) >= 11 is 6.85. The average molecular weight is 577 g/mol. The van der Waals surface area contributed by atoms with Gasteiger partial charge in [0.05, 0.1) is 39.6 Å². The van der Waals surface area contributed by atoms with Crippen LogP contribution in [0.2, 0.25) is 5.02 Å². The number of nitrogens with zero attached hydrogens (tertiary/aromatic N) is 6. The highest BCUT2D eigenvalue weighted by Gasteiger charge is 2.56. The summed E-state index contributed by atoms with van der Waals surface area (Å²) in [5.41, 5.74) is 4.74. The van der Waals surface area contributed by atoms with E-state index < -0.39 is 0 Å². The molecule has 8 nitrogen and oxygen atoms in total. The van der Waals surface area contributed by atoms with Gasteiger partial charge in [-0.3, -0.25) is 9.97 Å². The van der Waals surface area contributed by atoms with Crippen LogP contribution in [0, 0.1) is 22.7 Å². The second-order valence-electron chi connectivity index (χ2n) is 12.9. The number of anilines is 2. The predicted octanol–water partition coefficient (Wildman–Crippen LogP) is 7.46. The van der Waals surface area contributed by atoms with Crippen LogP contribution >= 0.6 is 11.6 Å². The van der Waals surface area contributed by atoms with Gasteiger partial charge < -0.3 is 10.6 Å². The summed E-state index contributed by atoms with van der Waals surface area (Å²) in [7, 11) is 0. The fourth-order valence-electron chi connectivity index (χ4n) is 6.05. The first-order valence-corrected chi connectivity index (χ1v) is 14.9. The highest BCUT2D eigenvalue weighted by atomic mass is 35.5.